The monoisotopic (exact) mass is 506 g/mol. The number of rotatable bonds is 7. The summed E-state index contributed by atoms with van der Waals surface area (Å²) in [7, 11) is 3.37. The molecule has 0 amide bonds. The highest BCUT2D eigenvalue weighted by Crippen LogP contribution is 2.46. The van der Waals surface area contributed by atoms with E-state index >= 15 is 0 Å². The van der Waals surface area contributed by atoms with Gasteiger partial charge in [-0.05, 0) is 60.4 Å². The van der Waals surface area contributed by atoms with E-state index in [4.69, 9.17) is 14.3 Å². The highest BCUT2D eigenvalue weighted by molar-refractivity contribution is 5.97. The number of hydrogen-bond acceptors (Lipinski definition) is 6. The van der Waals surface area contributed by atoms with Gasteiger partial charge in [0.1, 0.15) is 11.5 Å². The van der Waals surface area contributed by atoms with E-state index in [0.717, 1.165) is 52.7 Å². The lowest BCUT2D eigenvalue weighted by Crippen LogP contribution is -2.43. The minimum absolute atomic E-state index is 0.614. The standard InChI is InChI=1S/C31H30N4O3/c1-22-19-34(21-32-22)28-14-10-23(18-29(28)37-3)11-15-30-33-38-31(17-16-25-6-4-5-7-27(25)31)35(30)20-24-8-12-26(36-2)13-9-24/h4-15,18-19,21H,16-17,20H2,1-3H3/b15-11+. The number of benzene rings is 3. The second-order valence-corrected chi connectivity index (χ2v) is 9.60. The first kappa shape index (κ1) is 23.9. The molecule has 7 nitrogen and oxygen atoms in total. The van der Waals surface area contributed by atoms with Crippen molar-refractivity contribution >= 4 is 11.9 Å². The van der Waals surface area contributed by atoms with E-state index in [2.05, 4.69) is 63.6 Å². The van der Waals surface area contributed by atoms with Gasteiger partial charge in [0, 0.05) is 24.7 Å². The topological polar surface area (TPSA) is 61.1 Å². The molecule has 4 aromatic rings. The van der Waals surface area contributed by atoms with Crippen molar-refractivity contribution in [1.29, 1.82) is 0 Å². The van der Waals surface area contributed by atoms with Crippen molar-refractivity contribution < 1.29 is 14.3 Å². The molecular formula is C31H30N4O3. The summed E-state index contributed by atoms with van der Waals surface area (Å²) >= 11 is 0. The van der Waals surface area contributed by atoms with Gasteiger partial charge in [-0.25, -0.2) is 4.98 Å². The number of fused-ring (bicyclic) bond motifs is 2. The minimum Gasteiger partial charge on any atom is -0.497 e. The quantitative estimate of drug-likeness (QED) is 0.314. The fraction of sp³-hybridized carbons (Fsp3) is 0.226. The SMILES string of the molecule is COc1ccc(CN2C(/C=C/c3ccc(-n4cnc(C)c4)c(OC)c3)=NOC23CCc2ccccc23)cc1. The third-order valence-electron chi connectivity index (χ3n) is 7.29. The molecule has 0 fully saturated rings. The van der Waals surface area contributed by atoms with Crippen LogP contribution in [-0.2, 0) is 23.5 Å². The van der Waals surface area contributed by atoms with Gasteiger partial charge in [0.25, 0.3) is 0 Å². The average Bonchev–Trinajstić information content (AvgIpc) is 3.66. The van der Waals surface area contributed by atoms with E-state index < -0.39 is 5.72 Å². The van der Waals surface area contributed by atoms with E-state index in [1.54, 1.807) is 20.5 Å². The molecule has 0 saturated carbocycles. The second-order valence-electron chi connectivity index (χ2n) is 9.60. The summed E-state index contributed by atoms with van der Waals surface area (Å²) in [5, 5.41) is 4.59. The van der Waals surface area contributed by atoms with E-state index in [1.165, 1.54) is 11.1 Å². The normalized spacial score (nSPS) is 18.1. The third-order valence-corrected chi connectivity index (χ3v) is 7.29. The van der Waals surface area contributed by atoms with E-state index in [-0.39, 0.29) is 0 Å². The Morgan fingerprint density at radius 2 is 1.84 bits per heavy atom. The summed E-state index contributed by atoms with van der Waals surface area (Å²) in [6.07, 6.45) is 9.64. The zero-order valence-corrected chi connectivity index (χ0v) is 21.8. The van der Waals surface area contributed by atoms with Gasteiger partial charge in [-0.3, -0.25) is 0 Å². The van der Waals surface area contributed by atoms with E-state index in [0.29, 0.717) is 6.54 Å². The zero-order chi connectivity index (χ0) is 26.1. The Balaban J connectivity index is 1.32. The van der Waals surface area contributed by atoms with Crippen LogP contribution in [0.5, 0.6) is 11.5 Å². The van der Waals surface area contributed by atoms with Crippen LogP contribution in [0.25, 0.3) is 11.8 Å². The van der Waals surface area contributed by atoms with Crippen molar-refractivity contribution in [3.8, 4) is 17.2 Å². The number of aryl methyl sites for hydroxylation is 2. The van der Waals surface area contributed by atoms with Crippen molar-refractivity contribution in [3.63, 3.8) is 0 Å². The number of ether oxygens (including phenoxy) is 2. The minimum atomic E-state index is -0.614. The van der Waals surface area contributed by atoms with Gasteiger partial charge in [-0.15, -0.1) is 0 Å². The molecule has 1 spiro atoms. The first-order chi connectivity index (χ1) is 18.6. The lowest BCUT2D eigenvalue weighted by atomic mass is 10.0. The summed E-state index contributed by atoms with van der Waals surface area (Å²) in [4.78, 5) is 12.9. The van der Waals surface area contributed by atoms with Gasteiger partial charge in [-0.2, -0.15) is 0 Å². The molecule has 2 heterocycles. The smallest absolute Gasteiger partial charge is 0.238 e. The number of amidine groups is 1. The van der Waals surface area contributed by atoms with Crippen LogP contribution in [0, 0.1) is 6.92 Å². The molecule has 7 heteroatoms. The molecule has 0 bridgehead atoms. The maximum absolute atomic E-state index is 6.29. The molecule has 0 radical (unpaired) electrons. The Bertz CT molecular complexity index is 1520. The van der Waals surface area contributed by atoms with Gasteiger partial charge < -0.3 is 23.8 Å². The van der Waals surface area contributed by atoms with Crippen LogP contribution < -0.4 is 9.47 Å². The van der Waals surface area contributed by atoms with Crippen LogP contribution in [0.15, 0.2) is 90.5 Å². The highest BCUT2D eigenvalue weighted by atomic mass is 16.7. The van der Waals surface area contributed by atoms with Gasteiger partial charge in [-0.1, -0.05) is 53.7 Å². The summed E-state index contributed by atoms with van der Waals surface area (Å²) in [6, 6.07) is 22.8. The van der Waals surface area contributed by atoms with Crippen LogP contribution in [0.1, 0.15) is 34.4 Å². The molecule has 1 aliphatic heterocycles. The average molecular weight is 507 g/mol. The molecule has 1 aliphatic carbocycles. The fourth-order valence-electron chi connectivity index (χ4n) is 5.32. The zero-order valence-electron chi connectivity index (χ0n) is 21.8. The molecular weight excluding hydrogens is 476 g/mol. The molecule has 1 unspecified atom stereocenters. The number of imidazole rings is 1. The van der Waals surface area contributed by atoms with Crippen LogP contribution in [0.4, 0.5) is 0 Å². The molecule has 0 N–H and O–H groups in total. The number of hydrogen-bond donors (Lipinski definition) is 0. The van der Waals surface area contributed by atoms with E-state index in [1.807, 2.05) is 48.0 Å². The molecule has 2 aliphatic rings. The lowest BCUT2D eigenvalue weighted by molar-refractivity contribution is -0.107. The predicted molar refractivity (Wildman–Crippen MR) is 147 cm³/mol. The summed E-state index contributed by atoms with van der Waals surface area (Å²) < 4.78 is 13.0. The van der Waals surface area contributed by atoms with Crippen LogP contribution in [0.3, 0.4) is 0 Å². The largest absolute Gasteiger partial charge is 0.497 e. The second kappa shape index (κ2) is 9.74. The van der Waals surface area contributed by atoms with Crippen LogP contribution >= 0.6 is 0 Å². The Kier molecular flexibility index (Phi) is 6.12. The fourth-order valence-corrected chi connectivity index (χ4v) is 5.32. The van der Waals surface area contributed by atoms with Gasteiger partial charge in [0.2, 0.25) is 5.72 Å². The van der Waals surface area contributed by atoms with E-state index in [9.17, 15) is 0 Å². The highest BCUT2D eigenvalue weighted by Gasteiger charge is 2.51. The Labute approximate surface area is 222 Å². The molecule has 38 heavy (non-hydrogen) atoms. The maximum atomic E-state index is 6.29. The number of nitrogens with zero attached hydrogens (tertiary/aromatic N) is 4. The molecule has 1 atom stereocenters. The summed E-state index contributed by atoms with van der Waals surface area (Å²) in [6.45, 7) is 2.63. The summed E-state index contributed by atoms with van der Waals surface area (Å²) in [5.74, 6) is 2.39. The Hall–Kier alpha value is -4.52. The third kappa shape index (κ3) is 4.20. The van der Waals surface area contributed by atoms with Gasteiger partial charge >= 0.3 is 0 Å². The van der Waals surface area contributed by atoms with Gasteiger partial charge in [0.15, 0.2) is 5.84 Å². The first-order valence-corrected chi connectivity index (χ1v) is 12.7. The number of oxime groups is 1. The van der Waals surface area contributed by atoms with Crippen LogP contribution in [-0.4, -0.2) is 34.5 Å². The van der Waals surface area contributed by atoms with Gasteiger partial charge in [0.05, 0.1) is 31.9 Å². The molecule has 6 rings (SSSR count). The van der Waals surface area contributed by atoms with Crippen molar-refractivity contribution in [2.75, 3.05) is 14.2 Å². The Morgan fingerprint density at radius 3 is 2.61 bits per heavy atom. The van der Waals surface area contributed by atoms with Crippen molar-refractivity contribution in [2.45, 2.75) is 32.0 Å². The molecule has 1 aromatic heterocycles. The van der Waals surface area contributed by atoms with Crippen molar-refractivity contribution in [1.82, 2.24) is 14.5 Å². The molecule has 3 aromatic carbocycles. The predicted octanol–water partition coefficient (Wildman–Crippen LogP) is 5.86. The summed E-state index contributed by atoms with van der Waals surface area (Å²) in [5.41, 5.74) is 5.93. The number of aromatic nitrogens is 2. The maximum Gasteiger partial charge on any atom is 0.238 e. The lowest BCUT2D eigenvalue weighted by Gasteiger charge is -2.34. The van der Waals surface area contributed by atoms with Crippen molar-refractivity contribution in [3.05, 3.63) is 113 Å². The first-order valence-electron chi connectivity index (χ1n) is 12.7. The van der Waals surface area contributed by atoms with Crippen LogP contribution in [0.2, 0.25) is 0 Å². The molecule has 192 valence electrons. The Morgan fingerprint density at radius 1 is 1.00 bits per heavy atom. The molecule has 0 saturated heterocycles. The van der Waals surface area contributed by atoms with Crippen molar-refractivity contribution in [2.24, 2.45) is 5.16 Å². The number of methoxy groups -OCH3 is 2.